The van der Waals surface area contributed by atoms with E-state index in [4.69, 9.17) is 9.31 Å². The van der Waals surface area contributed by atoms with E-state index >= 15 is 0 Å². The summed E-state index contributed by atoms with van der Waals surface area (Å²) >= 11 is 0. The number of rotatable bonds is 4. The van der Waals surface area contributed by atoms with Crippen LogP contribution in [0, 0.1) is 0 Å². The van der Waals surface area contributed by atoms with E-state index in [0.29, 0.717) is 12.1 Å². The number of halogens is 1. The van der Waals surface area contributed by atoms with Crippen LogP contribution in [0.15, 0.2) is 29.8 Å². The number of allylic oxidation sites excluding steroid dienone is 2. The first-order chi connectivity index (χ1) is 10.1. The predicted octanol–water partition coefficient (Wildman–Crippen LogP) is 3.79. The van der Waals surface area contributed by atoms with Crippen molar-refractivity contribution in [1.82, 2.24) is 9.78 Å². The van der Waals surface area contributed by atoms with Gasteiger partial charge in [-0.3, -0.25) is 4.68 Å². The zero-order valence-electron chi connectivity index (χ0n) is 14.2. The topological polar surface area (TPSA) is 36.3 Å². The van der Waals surface area contributed by atoms with E-state index in [0.717, 1.165) is 0 Å². The van der Waals surface area contributed by atoms with Gasteiger partial charge >= 0.3 is 7.12 Å². The normalized spacial score (nSPS) is 20.3. The Morgan fingerprint density at radius 3 is 2.41 bits per heavy atom. The van der Waals surface area contributed by atoms with Gasteiger partial charge in [-0.1, -0.05) is 11.6 Å². The van der Waals surface area contributed by atoms with Crippen molar-refractivity contribution in [2.45, 2.75) is 59.3 Å². The molecule has 0 saturated carbocycles. The first-order valence-electron chi connectivity index (χ1n) is 7.49. The summed E-state index contributed by atoms with van der Waals surface area (Å²) in [4.78, 5) is 0. The highest BCUT2D eigenvalue weighted by atomic mass is 19.1. The van der Waals surface area contributed by atoms with Crippen LogP contribution in [0.2, 0.25) is 0 Å². The molecule has 1 aliphatic heterocycles. The van der Waals surface area contributed by atoms with E-state index < -0.39 is 24.0 Å². The van der Waals surface area contributed by atoms with Gasteiger partial charge in [0.15, 0.2) is 0 Å². The van der Waals surface area contributed by atoms with Gasteiger partial charge in [0.2, 0.25) is 0 Å². The van der Waals surface area contributed by atoms with Gasteiger partial charge in [-0.05, 0) is 47.6 Å². The SMILES string of the molecule is CC(C)=CCn1cc(C=C(F)B2OC(C)(C)C(C)(C)O2)cn1. The van der Waals surface area contributed by atoms with E-state index in [-0.39, 0.29) is 0 Å². The fraction of sp³-hybridized carbons (Fsp3) is 0.562. The van der Waals surface area contributed by atoms with E-state index in [9.17, 15) is 4.39 Å². The van der Waals surface area contributed by atoms with Gasteiger partial charge in [-0.25, -0.2) is 4.39 Å². The van der Waals surface area contributed by atoms with Crippen LogP contribution in [0.5, 0.6) is 0 Å². The highest BCUT2D eigenvalue weighted by Crippen LogP contribution is 2.39. The maximum Gasteiger partial charge on any atom is 0.525 e. The third-order valence-electron chi connectivity index (χ3n) is 4.12. The molecule has 1 saturated heterocycles. The fourth-order valence-electron chi connectivity index (χ4n) is 2.01. The molecular formula is C16H24BFN2O2. The molecule has 1 aromatic rings. The van der Waals surface area contributed by atoms with Gasteiger partial charge in [-0.2, -0.15) is 5.10 Å². The second-order valence-electron chi connectivity index (χ2n) is 6.89. The fourth-order valence-corrected chi connectivity index (χ4v) is 2.01. The molecule has 0 N–H and O–H groups in total. The molecule has 0 atom stereocenters. The maximum absolute atomic E-state index is 14.4. The van der Waals surface area contributed by atoms with Crippen molar-refractivity contribution in [3.05, 3.63) is 35.3 Å². The molecular weight excluding hydrogens is 282 g/mol. The first kappa shape index (κ1) is 17.0. The second kappa shape index (κ2) is 6.01. The van der Waals surface area contributed by atoms with E-state index in [1.807, 2.05) is 41.5 Å². The molecule has 0 bridgehead atoms. The lowest BCUT2D eigenvalue weighted by molar-refractivity contribution is 0.00578. The standard InChI is InChI=1S/C16H24BFN2O2/c1-12(2)7-8-20-11-13(10-19-20)9-14(18)17-21-15(3,4)16(5,6)22-17/h7,9-11H,8H2,1-6H3. The minimum absolute atomic E-state index is 0.444. The third kappa shape index (κ3) is 3.68. The Balaban J connectivity index is 2.09. The van der Waals surface area contributed by atoms with Crippen molar-refractivity contribution in [1.29, 1.82) is 0 Å². The molecule has 0 unspecified atom stereocenters. The lowest BCUT2D eigenvalue weighted by Crippen LogP contribution is -2.41. The molecule has 1 fully saturated rings. The van der Waals surface area contributed by atoms with Crippen LogP contribution in [0.25, 0.3) is 6.08 Å². The summed E-state index contributed by atoms with van der Waals surface area (Å²) < 4.78 is 27.5. The van der Waals surface area contributed by atoms with Crippen LogP contribution in [-0.2, 0) is 15.9 Å². The van der Waals surface area contributed by atoms with E-state index in [1.165, 1.54) is 11.6 Å². The molecule has 4 nitrogen and oxygen atoms in total. The van der Waals surface area contributed by atoms with Crippen molar-refractivity contribution in [3.63, 3.8) is 0 Å². The summed E-state index contributed by atoms with van der Waals surface area (Å²) in [6, 6.07) is 0. The van der Waals surface area contributed by atoms with Crippen molar-refractivity contribution in [2.75, 3.05) is 0 Å². The van der Waals surface area contributed by atoms with Gasteiger partial charge < -0.3 is 9.31 Å². The largest absolute Gasteiger partial charge is 0.525 e. The lowest BCUT2D eigenvalue weighted by Gasteiger charge is -2.32. The minimum Gasteiger partial charge on any atom is -0.398 e. The zero-order chi connectivity index (χ0) is 16.5. The molecule has 0 spiro atoms. The Morgan fingerprint density at radius 2 is 1.86 bits per heavy atom. The highest BCUT2D eigenvalue weighted by molar-refractivity contribution is 6.54. The van der Waals surface area contributed by atoms with Gasteiger partial charge in [0.25, 0.3) is 0 Å². The minimum atomic E-state index is -0.967. The maximum atomic E-state index is 14.4. The molecule has 6 heteroatoms. The van der Waals surface area contributed by atoms with E-state index in [1.54, 1.807) is 17.1 Å². The Bertz CT molecular complexity index is 585. The molecule has 0 amide bonds. The van der Waals surface area contributed by atoms with Crippen molar-refractivity contribution >= 4 is 13.2 Å². The number of hydrogen-bond acceptors (Lipinski definition) is 3. The summed E-state index contributed by atoms with van der Waals surface area (Å²) in [5, 5.41) is 4.20. The molecule has 2 rings (SSSR count). The van der Waals surface area contributed by atoms with Gasteiger partial charge in [0.1, 0.15) is 5.73 Å². The summed E-state index contributed by atoms with van der Waals surface area (Å²) in [6.45, 7) is 12.3. The van der Waals surface area contributed by atoms with E-state index in [2.05, 4.69) is 11.2 Å². The molecule has 1 aliphatic rings. The quantitative estimate of drug-likeness (QED) is 0.627. The van der Waals surface area contributed by atoms with Gasteiger partial charge in [-0.15, -0.1) is 0 Å². The Morgan fingerprint density at radius 1 is 1.27 bits per heavy atom. The second-order valence-corrected chi connectivity index (χ2v) is 6.89. The van der Waals surface area contributed by atoms with Crippen LogP contribution in [0.1, 0.15) is 47.1 Å². The molecule has 1 aromatic heterocycles. The smallest absolute Gasteiger partial charge is 0.398 e. The zero-order valence-corrected chi connectivity index (χ0v) is 14.2. The summed E-state index contributed by atoms with van der Waals surface area (Å²) in [5.74, 6) is 0. The molecule has 0 aliphatic carbocycles. The summed E-state index contributed by atoms with van der Waals surface area (Å²) in [5.41, 5.74) is 0.373. The average Bonchev–Trinajstić information content (AvgIpc) is 2.90. The Labute approximate surface area is 132 Å². The van der Waals surface area contributed by atoms with Crippen molar-refractivity contribution in [2.24, 2.45) is 0 Å². The molecule has 0 radical (unpaired) electrons. The van der Waals surface area contributed by atoms with Crippen LogP contribution in [0.4, 0.5) is 4.39 Å². The first-order valence-corrected chi connectivity index (χ1v) is 7.49. The van der Waals surface area contributed by atoms with Crippen LogP contribution in [0.3, 0.4) is 0 Å². The predicted molar refractivity (Wildman–Crippen MR) is 86.8 cm³/mol. The van der Waals surface area contributed by atoms with Crippen LogP contribution < -0.4 is 0 Å². The molecule has 2 heterocycles. The molecule has 120 valence electrons. The van der Waals surface area contributed by atoms with Gasteiger partial charge in [0, 0.05) is 11.8 Å². The Kier molecular flexibility index (Phi) is 4.63. The number of hydrogen-bond donors (Lipinski definition) is 0. The summed E-state index contributed by atoms with van der Waals surface area (Å²) in [7, 11) is -0.967. The Hall–Kier alpha value is -1.40. The monoisotopic (exact) mass is 306 g/mol. The van der Waals surface area contributed by atoms with Crippen LogP contribution in [-0.4, -0.2) is 28.1 Å². The van der Waals surface area contributed by atoms with Crippen LogP contribution >= 0.6 is 0 Å². The van der Waals surface area contributed by atoms with Gasteiger partial charge in [0.05, 0.1) is 23.9 Å². The number of aromatic nitrogens is 2. The summed E-state index contributed by atoms with van der Waals surface area (Å²) in [6.07, 6.45) is 6.90. The third-order valence-corrected chi connectivity index (χ3v) is 4.12. The van der Waals surface area contributed by atoms with Crippen molar-refractivity contribution < 1.29 is 13.7 Å². The average molecular weight is 306 g/mol. The van der Waals surface area contributed by atoms with Crippen molar-refractivity contribution in [3.8, 4) is 0 Å². The molecule has 22 heavy (non-hydrogen) atoms. The number of nitrogens with zero attached hydrogens (tertiary/aromatic N) is 2. The lowest BCUT2D eigenvalue weighted by atomic mass is 9.87. The molecule has 0 aromatic carbocycles. The highest BCUT2D eigenvalue weighted by Gasteiger charge is 2.53.